The second-order valence-electron chi connectivity index (χ2n) is 4.04. The second kappa shape index (κ2) is 5.72. The zero-order valence-electron chi connectivity index (χ0n) is 10.3. The Morgan fingerprint density at radius 2 is 2.37 bits per heavy atom. The van der Waals surface area contributed by atoms with Crippen molar-refractivity contribution < 1.29 is 8.42 Å². The van der Waals surface area contributed by atoms with Crippen LogP contribution in [-0.4, -0.2) is 47.6 Å². The van der Waals surface area contributed by atoms with Crippen LogP contribution in [0.5, 0.6) is 0 Å². The minimum absolute atomic E-state index is 0.0511. The average Bonchev–Trinajstić information content (AvgIpc) is 2.42. The van der Waals surface area contributed by atoms with Crippen molar-refractivity contribution in [2.24, 2.45) is 0 Å². The number of H-pyrrole nitrogens is 1. The van der Waals surface area contributed by atoms with Crippen LogP contribution in [-0.2, 0) is 9.84 Å². The van der Waals surface area contributed by atoms with E-state index in [2.05, 4.69) is 9.97 Å². The molecule has 6 nitrogen and oxygen atoms in total. The lowest BCUT2D eigenvalue weighted by atomic mass is 10.4. The Kier molecular flexibility index (Phi) is 4.42. The third kappa shape index (κ3) is 2.90. The summed E-state index contributed by atoms with van der Waals surface area (Å²) in [6.07, 6.45) is 1.24. The Morgan fingerprint density at radius 3 is 3.05 bits per heavy atom. The molecule has 1 aromatic rings. The van der Waals surface area contributed by atoms with Crippen LogP contribution < -0.4 is 10.5 Å². The van der Waals surface area contributed by atoms with Gasteiger partial charge in [0, 0.05) is 23.8 Å². The smallest absolute Gasteiger partial charge is 0.271 e. The molecule has 1 unspecified atom stereocenters. The van der Waals surface area contributed by atoms with Crippen LogP contribution in [0, 0.1) is 0 Å². The molecule has 0 amide bonds. The van der Waals surface area contributed by atoms with Crippen LogP contribution >= 0.6 is 23.4 Å². The minimum atomic E-state index is -3.25. The summed E-state index contributed by atoms with van der Waals surface area (Å²) in [6, 6.07) is 0. The average molecular weight is 324 g/mol. The summed E-state index contributed by atoms with van der Waals surface area (Å²) >= 11 is 7.51. The monoisotopic (exact) mass is 323 g/mol. The first-order chi connectivity index (χ1) is 8.97. The fraction of sp³-hybridized carbons (Fsp3) is 0.600. The molecule has 2 heterocycles. The van der Waals surface area contributed by atoms with Gasteiger partial charge in [-0.15, -0.1) is 0 Å². The van der Waals surface area contributed by atoms with Gasteiger partial charge in [-0.25, -0.2) is 13.4 Å². The van der Waals surface area contributed by atoms with Crippen LogP contribution in [0.25, 0.3) is 0 Å². The number of rotatable bonds is 3. The van der Waals surface area contributed by atoms with Gasteiger partial charge in [0.1, 0.15) is 10.4 Å². The molecule has 0 radical (unpaired) electrons. The fourth-order valence-corrected chi connectivity index (χ4v) is 5.07. The van der Waals surface area contributed by atoms with Crippen LogP contribution in [0.4, 0.5) is 5.82 Å². The molecule has 0 aromatic carbocycles. The molecule has 1 atom stereocenters. The molecule has 0 saturated carbocycles. The summed E-state index contributed by atoms with van der Waals surface area (Å²) in [4.78, 5) is 19.5. The number of anilines is 1. The molecule has 1 aliphatic rings. The van der Waals surface area contributed by atoms with Crippen molar-refractivity contribution >= 4 is 39.0 Å². The maximum absolute atomic E-state index is 12.1. The van der Waals surface area contributed by atoms with Gasteiger partial charge < -0.3 is 9.88 Å². The number of halogens is 1. The predicted octanol–water partition coefficient (Wildman–Crippen LogP) is 0.737. The molecule has 2 rings (SSSR count). The van der Waals surface area contributed by atoms with E-state index >= 15 is 0 Å². The highest BCUT2D eigenvalue weighted by atomic mass is 35.5. The highest BCUT2D eigenvalue weighted by molar-refractivity contribution is 8.01. The second-order valence-corrected chi connectivity index (χ2v) is 8.02. The Labute approximate surface area is 120 Å². The summed E-state index contributed by atoms with van der Waals surface area (Å²) in [5.41, 5.74) is -0.461. The summed E-state index contributed by atoms with van der Waals surface area (Å²) in [7, 11) is -3.25. The molecule has 0 spiro atoms. The van der Waals surface area contributed by atoms with Crippen molar-refractivity contribution in [1.82, 2.24) is 9.97 Å². The van der Waals surface area contributed by atoms with Gasteiger partial charge in [-0.2, -0.15) is 11.8 Å². The van der Waals surface area contributed by atoms with Crippen molar-refractivity contribution in [3.63, 3.8) is 0 Å². The van der Waals surface area contributed by atoms with Crippen LogP contribution in [0.1, 0.15) is 6.92 Å². The molecule has 19 heavy (non-hydrogen) atoms. The Balaban J connectivity index is 2.46. The highest BCUT2D eigenvalue weighted by Gasteiger charge is 2.34. The number of nitrogens with one attached hydrogen (secondary N) is 1. The van der Waals surface area contributed by atoms with Crippen LogP contribution in [0.2, 0.25) is 5.02 Å². The third-order valence-electron chi connectivity index (χ3n) is 2.95. The Hall–Kier alpha value is -0.730. The lowest BCUT2D eigenvalue weighted by molar-refractivity contribution is 0.578. The van der Waals surface area contributed by atoms with E-state index < -0.39 is 20.8 Å². The van der Waals surface area contributed by atoms with Gasteiger partial charge in [-0.3, -0.25) is 4.79 Å². The van der Waals surface area contributed by atoms with E-state index in [-0.39, 0.29) is 16.6 Å². The van der Waals surface area contributed by atoms with Gasteiger partial charge in [-0.1, -0.05) is 18.5 Å². The third-order valence-corrected chi connectivity index (χ3v) is 6.58. The lowest BCUT2D eigenvalue weighted by Crippen LogP contribution is -2.48. The number of hydrogen-bond donors (Lipinski definition) is 1. The SMILES string of the molecule is CCS(=O)(=O)C1CSCCN1c1nc[nH]c(=O)c1Cl. The largest absolute Gasteiger partial charge is 0.337 e. The van der Waals surface area contributed by atoms with E-state index in [0.717, 1.165) is 5.75 Å². The molecule has 1 N–H and O–H groups in total. The van der Waals surface area contributed by atoms with E-state index in [1.54, 1.807) is 23.6 Å². The van der Waals surface area contributed by atoms with Crippen molar-refractivity contribution in [2.75, 3.05) is 28.7 Å². The molecular formula is C10H14ClN3O3S2. The number of hydrogen-bond acceptors (Lipinski definition) is 6. The predicted molar refractivity (Wildman–Crippen MR) is 77.8 cm³/mol. The maximum atomic E-state index is 12.1. The standard InChI is InChI=1S/C10H14ClN3O3S2/c1-2-19(16,17)7-5-18-4-3-14(7)9-8(11)10(15)13-6-12-9/h6-7H,2-5H2,1H3,(H,12,13,15). The van der Waals surface area contributed by atoms with E-state index in [1.807, 2.05) is 0 Å². The normalized spacial score (nSPS) is 20.5. The summed E-state index contributed by atoms with van der Waals surface area (Å²) < 4.78 is 24.2. The molecule has 1 aromatic heterocycles. The van der Waals surface area contributed by atoms with Gasteiger partial charge in [0.2, 0.25) is 0 Å². The minimum Gasteiger partial charge on any atom is -0.337 e. The van der Waals surface area contributed by atoms with Gasteiger partial charge in [0.05, 0.1) is 6.33 Å². The van der Waals surface area contributed by atoms with Gasteiger partial charge in [0.15, 0.2) is 15.7 Å². The Bertz CT molecular complexity index is 617. The number of nitrogens with zero attached hydrogens (tertiary/aromatic N) is 2. The van der Waals surface area contributed by atoms with Crippen LogP contribution in [0.15, 0.2) is 11.1 Å². The molecule has 0 bridgehead atoms. The van der Waals surface area contributed by atoms with E-state index in [1.165, 1.54) is 6.33 Å². The molecule has 1 saturated heterocycles. The van der Waals surface area contributed by atoms with Crippen molar-refractivity contribution in [1.29, 1.82) is 0 Å². The van der Waals surface area contributed by atoms with E-state index in [0.29, 0.717) is 12.3 Å². The first-order valence-corrected chi connectivity index (χ1v) is 9.01. The molecule has 0 aliphatic carbocycles. The number of aromatic amines is 1. The topological polar surface area (TPSA) is 83.1 Å². The van der Waals surface area contributed by atoms with Gasteiger partial charge in [-0.05, 0) is 0 Å². The zero-order valence-corrected chi connectivity index (χ0v) is 12.7. The summed E-state index contributed by atoms with van der Waals surface area (Å²) in [6.45, 7) is 2.12. The molecule has 1 aliphatic heterocycles. The quantitative estimate of drug-likeness (QED) is 0.883. The first kappa shape index (κ1) is 14.7. The maximum Gasteiger partial charge on any atom is 0.271 e. The number of sulfone groups is 1. The number of aromatic nitrogens is 2. The van der Waals surface area contributed by atoms with E-state index in [9.17, 15) is 13.2 Å². The summed E-state index contributed by atoms with van der Waals surface area (Å²) in [5, 5.41) is -0.742. The molecule has 9 heteroatoms. The Morgan fingerprint density at radius 1 is 1.63 bits per heavy atom. The molecular weight excluding hydrogens is 310 g/mol. The first-order valence-electron chi connectivity index (χ1n) is 5.76. The summed E-state index contributed by atoms with van der Waals surface area (Å²) in [5.74, 6) is 1.53. The highest BCUT2D eigenvalue weighted by Crippen LogP contribution is 2.28. The van der Waals surface area contributed by atoms with Gasteiger partial charge in [0.25, 0.3) is 5.56 Å². The van der Waals surface area contributed by atoms with Crippen molar-refractivity contribution in [2.45, 2.75) is 12.3 Å². The van der Waals surface area contributed by atoms with Crippen molar-refractivity contribution in [3.8, 4) is 0 Å². The molecule has 106 valence electrons. The zero-order chi connectivity index (χ0) is 14.0. The van der Waals surface area contributed by atoms with E-state index in [4.69, 9.17) is 11.6 Å². The van der Waals surface area contributed by atoms with Gasteiger partial charge >= 0.3 is 0 Å². The lowest BCUT2D eigenvalue weighted by Gasteiger charge is -2.35. The number of thioether (sulfide) groups is 1. The molecule has 1 fully saturated rings. The fourth-order valence-electron chi connectivity index (χ4n) is 1.89. The van der Waals surface area contributed by atoms with Crippen molar-refractivity contribution in [3.05, 3.63) is 21.7 Å². The van der Waals surface area contributed by atoms with Crippen LogP contribution in [0.3, 0.4) is 0 Å².